The molecule has 1 atom stereocenters. The molecule has 0 saturated heterocycles. The van der Waals surface area contributed by atoms with Crippen LogP contribution in [0.5, 0.6) is 0 Å². The van der Waals surface area contributed by atoms with E-state index in [1.54, 1.807) is 7.05 Å². The van der Waals surface area contributed by atoms with Gasteiger partial charge in [-0.2, -0.15) is 4.39 Å². The monoisotopic (exact) mass is 254 g/mol. The minimum absolute atomic E-state index is 0.0154. The van der Waals surface area contributed by atoms with E-state index in [9.17, 15) is 19.3 Å². The van der Waals surface area contributed by atoms with Gasteiger partial charge in [-0.15, -0.1) is 0 Å². The Balaban J connectivity index is 3.07. The highest BCUT2D eigenvalue weighted by Gasteiger charge is 2.21. The van der Waals surface area contributed by atoms with Crippen LogP contribution in [-0.2, 0) is 0 Å². The lowest BCUT2D eigenvalue weighted by Gasteiger charge is -2.23. The molecule has 5 nitrogen and oxygen atoms in total. The molecule has 0 saturated carbocycles. The van der Waals surface area contributed by atoms with Crippen LogP contribution in [0.4, 0.5) is 10.1 Å². The van der Waals surface area contributed by atoms with Gasteiger partial charge in [0, 0.05) is 24.7 Å². The number of rotatable bonds is 4. The van der Waals surface area contributed by atoms with Gasteiger partial charge in [0.1, 0.15) is 0 Å². The zero-order valence-electron chi connectivity index (χ0n) is 10.5. The summed E-state index contributed by atoms with van der Waals surface area (Å²) in [5.74, 6) is -1.30. The Labute approximate surface area is 104 Å². The van der Waals surface area contributed by atoms with E-state index in [1.807, 2.05) is 13.8 Å². The Kier molecular flexibility index (Phi) is 4.36. The summed E-state index contributed by atoms with van der Waals surface area (Å²) >= 11 is 0. The van der Waals surface area contributed by atoms with Crippen LogP contribution >= 0.6 is 0 Å². The normalized spacial score (nSPS) is 12.0. The van der Waals surface area contributed by atoms with Crippen LogP contribution in [0.3, 0.4) is 0 Å². The van der Waals surface area contributed by atoms with E-state index in [1.165, 1.54) is 11.0 Å². The lowest BCUT2D eigenvalue weighted by atomic mass is 10.1. The molecule has 0 spiro atoms. The van der Waals surface area contributed by atoms with Gasteiger partial charge < -0.3 is 4.90 Å². The number of carbonyl (C=O) groups excluding carboxylic acids is 1. The second-order valence-electron chi connectivity index (χ2n) is 4.10. The Morgan fingerprint density at radius 3 is 2.67 bits per heavy atom. The summed E-state index contributed by atoms with van der Waals surface area (Å²) in [5.41, 5.74) is -0.565. The third kappa shape index (κ3) is 2.82. The van der Waals surface area contributed by atoms with Crippen LogP contribution < -0.4 is 0 Å². The summed E-state index contributed by atoms with van der Waals surface area (Å²) in [6.07, 6.45) is 0.769. The average Bonchev–Trinajstić information content (AvgIpc) is 2.36. The van der Waals surface area contributed by atoms with Crippen LogP contribution in [0, 0.1) is 15.9 Å². The van der Waals surface area contributed by atoms with E-state index in [4.69, 9.17) is 0 Å². The van der Waals surface area contributed by atoms with E-state index >= 15 is 0 Å². The summed E-state index contributed by atoms with van der Waals surface area (Å²) in [5, 5.41) is 10.6. The Morgan fingerprint density at radius 1 is 1.56 bits per heavy atom. The number of nitrogens with zero attached hydrogens (tertiary/aromatic N) is 2. The Morgan fingerprint density at radius 2 is 2.17 bits per heavy atom. The predicted octanol–water partition coefficient (Wildman–Crippen LogP) is 2.60. The van der Waals surface area contributed by atoms with Crippen molar-refractivity contribution in [3.63, 3.8) is 0 Å². The molecule has 98 valence electrons. The van der Waals surface area contributed by atoms with E-state index < -0.39 is 16.4 Å². The first kappa shape index (κ1) is 14.1. The van der Waals surface area contributed by atoms with E-state index in [0.717, 1.165) is 18.6 Å². The Bertz CT molecular complexity index is 476. The molecule has 1 rings (SSSR count). The molecule has 0 N–H and O–H groups in total. The number of carbonyl (C=O) groups is 1. The molecule has 0 radical (unpaired) electrons. The summed E-state index contributed by atoms with van der Waals surface area (Å²) in [4.78, 5) is 23.3. The fraction of sp³-hybridized carbons (Fsp3) is 0.417. The first-order valence-electron chi connectivity index (χ1n) is 5.59. The quantitative estimate of drug-likeness (QED) is 0.612. The number of benzene rings is 1. The smallest absolute Gasteiger partial charge is 0.305 e. The predicted molar refractivity (Wildman–Crippen MR) is 64.9 cm³/mol. The Hall–Kier alpha value is -1.98. The highest BCUT2D eigenvalue weighted by molar-refractivity contribution is 5.94. The van der Waals surface area contributed by atoms with Crippen LogP contribution in [-0.4, -0.2) is 28.8 Å². The molecular weight excluding hydrogens is 239 g/mol. The molecule has 0 bridgehead atoms. The highest BCUT2D eigenvalue weighted by Crippen LogP contribution is 2.20. The standard InChI is InChI=1S/C12H15FN2O3/c1-4-8(2)14(3)12(16)9-5-6-10(13)11(7-9)15(17)18/h5-8H,4H2,1-3H3. The maximum Gasteiger partial charge on any atom is 0.305 e. The largest absolute Gasteiger partial charge is 0.339 e. The van der Waals surface area contributed by atoms with Crippen LogP contribution in [0.1, 0.15) is 30.6 Å². The van der Waals surface area contributed by atoms with Gasteiger partial charge in [0.25, 0.3) is 5.91 Å². The molecule has 0 fully saturated rings. The van der Waals surface area contributed by atoms with Crippen molar-refractivity contribution in [1.82, 2.24) is 4.90 Å². The number of nitro groups is 1. The fourth-order valence-electron chi connectivity index (χ4n) is 1.46. The SMILES string of the molecule is CCC(C)N(C)C(=O)c1ccc(F)c([N+](=O)[O-])c1. The molecule has 0 aliphatic heterocycles. The van der Waals surface area contributed by atoms with Gasteiger partial charge in [0.2, 0.25) is 5.82 Å². The maximum atomic E-state index is 13.1. The van der Waals surface area contributed by atoms with Gasteiger partial charge in [-0.05, 0) is 25.5 Å². The minimum Gasteiger partial charge on any atom is -0.339 e. The number of halogens is 1. The second-order valence-corrected chi connectivity index (χ2v) is 4.10. The summed E-state index contributed by atoms with van der Waals surface area (Å²) in [6, 6.07) is 3.18. The highest BCUT2D eigenvalue weighted by atomic mass is 19.1. The average molecular weight is 254 g/mol. The van der Waals surface area contributed by atoms with Crippen molar-refractivity contribution in [3.8, 4) is 0 Å². The molecule has 18 heavy (non-hydrogen) atoms. The van der Waals surface area contributed by atoms with E-state index in [0.29, 0.717) is 0 Å². The van der Waals surface area contributed by atoms with Crippen molar-refractivity contribution >= 4 is 11.6 Å². The van der Waals surface area contributed by atoms with Crippen molar-refractivity contribution in [2.45, 2.75) is 26.3 Å². The number of hydrogen-bond acceptors (Lipinski definition) is 3. The number of nitro benzene ring substituents is 1. The topological polar surface area (TPSA) is 63.5 Å². The first-order valence-corrected chi connectivity index (χ1v) is 5.59. The summed E-state index contributed by atoms with van der Waals surface area (Å²) < 4.78 is 13.1. The van der Waals surface area contributed by atoms with Gasteiger partial charge in [-0.3, -0.25) is 14.9 Å². The summed E-state index contributed by atoms with van der Waals surface area (Å²) in [7, 11) is 1.62. The second kappa shape index (κ2) is 5.57. The molecule has 1 aromatic rings. The van der Waals surface area contributed by atoms with Gasteiger partial charge in [-0.1, -0.05) is 6.92 Å². The van der Waals surface area contributed by atoms with Crippen LogP contribution in [0.25, 0.3) is 0 Å². The van der Waals surface area contributed by atoms with Gasteiger partial charge in [0.05, 0.1) is 4.92 Å². The van der Waals surface area contributed by atoms with Crippen molar-refractivity contribution in [3.05, 3.63) is 39.7 Å². The van der Waals surface area contributed by atoms with E-state index in [2.05, 4.69) is 0 Å². The molecule has 1 unspecified atom stereocenters. The third-order valence-corrected chi connectivity index (χ3v) is 2.96. The molecule has 0 aliphatic rings. The first-order chi connectivity index (χ1) is 8.38. The van der Waals surface area contributed by atoms with E-state index in [-0.39, 0.29) is 17.5 Å². The summed E-state index contributed by atoms with van der Waals surface area (Å²) in [6.45, 7) is 3.80. The van der Waals surface area contributed by atoms with Crippen molar-refractivity contribution < 1.29 is 14.1 Å². The molecule has 0 aliphatic carbocycles. The minimum atomic E-state index is -0.942. The number of amides is 1. The van der Waals surface area contributed by atoms with Crippen LogP contribution in [0.2, 0.25) is 0 Å². The third-order valence-electron chi connectivity index (χ3n) is 2.96. The zero-order chi connectivity index (χ0) is 13.9. The molecule has 0 aromatic heterocycles. The maximum absolute atomic E-state index is 13.1. The molecule has 6 heteroatoms. The van der Waals surface area contributed by atoms with Gasteiger partial charge >= 0.3 is 5.69 Å². The fourth-order valence-corrected chi connectivity index (χ4v) is 1.46. The van der Waals surface area contributed by atoms with Crippen molar-refractivity contribution in [2.24, 2.45) is 0 Å². The van der Waals surface area contributed by atoms with Crippen LogP contribution in [0.15, 0.2) is 18.2 Å². The molecule has 1 amide bonds. The van der Waals surface area contributed by atoms with Gasteiger partial charge in [-0.25, -0.2) is 0 Å². The molecular formula is C12H15FN2O3. The zero-order valence-corrected chi connectivity index (χ0v) is 10.5. The lowest BCUT2D eigenvalue weighted by Crippen LogP contribution is -2.34. The van der Waals surface area contributed by atoms with Crippen molar-refractivity contribution in [1.29, 1.82) is 0 Å². The number of hydrogen-bond donors (Lipinski definition) is 0. The lowest BCUT2D eigenvalue weighted by molar-refractivity contribution is -0.387. The molecule has 0 heterocycles. The molecule has 1 aromatic carbocycles. The van der Waals surface area contributed by atoms with Gasteiger partial charge in [0.15, 0.2) is 0 Å². The van der Waals surface area contributed by atoms with Crippen molar-refractivity contribution in [2.75, 3.05) is 7.05 Å².